The van der Waals surface area contributed by atoms with Crippen molar-refractivity contribution < 1.29 is 19.4 Å². The lowest BCUT2D eigenvalue weighted by Crippen LogP contribution is -2.29. The summed E-state index contributed by atoms with van der Waals surface area (Å²) in [6.45, 7) is 4.06. The van der Waals surface area contributed by atoms with Crippen LogP contribution in [0.15, 0.2) is 84.8 Å². The highest BCUT2D eigenvalue weighted by Gasteiger charge is 2.46. The summed E-state index contributed by atoms with van der Waals surface area (Å²) in [5.41, 5.74) is 2.96. The number of aromatic nitrogens is 2. The number of para-hydroxylation sites is 1. The van der Waals surface area contributed by atoms with Crippen LogP contribution in [0.2, 0.25) is 0 Å². The fraction of sp³-hybridized carbons (Fsp3) is 0.179. The number of H-pyrrole nitrogens is 1. The first-order valence-corrected chi connectivity index (χ1v) is 11.4. The van der Waals surface area contributed by atoms with Gasteiger partial charge in [-0.25, -0.2) is 0 Å². The highest BCUT2D eigenvalue weighted by molar-refractivity contribution is 6.46. The third-order valence-corrected chi connectivity index (χ3v) is 6.06. The number of ether oxygens (including phenoxy) is 1. The van der Waals surface area contributed by atoms with Crippen LogP contribution >= 0.6 is 0 Å². The second-order valence-corrected chi connectivity index (χ2v) is 8.76. The molecule has 7 heteroatoms. The van der Waals surface area contributed by atoms with Gasteiger partial charge in [0.25, 0.3) is 11.7 Å². The van der Waals surface area contributed by atoms with E-state index in [9.17, 15) is 14.7 Å². The zero-order chi connectivity index (χ0) is 24.5. The van der Waals surface area contributed by atoms with Crippen LogP contribution in [0, 0.1) is 0 Å². The molecule has 0 saturated carbocycles. The summed E-state index contributed by atoms with van der Waals surface area (Å²) < 4.78 is 5.69. The lowest BCUT2D eigenvalue weighted by molar-refractivity contribution is -0.140. The smallest absolute Gasteiger partial charge is 0.295 e. The van der Waals surface area contributed by atoms with Crippen molar-refractivity contribution in [2.45, 2.75) is 32.5 Å². The topological polar surface area (TPSA) is 95.5 Å². The van der Waals surface area contributed by atoms with Crippen molar-refractivity contribution in [1.82, 2.24) is 14.9 Å². The number of aliphatic hydroxyl groups is 1. The number of nitrogens with one attached hydrogen (secondary N) is 1. The molecule has 2 aromatic heterocycles. The fourth-order valence-electron chi connectivity index (χ4n) is 4.49. The second kappa shape index (κ2) is 9.10. The Morgan fingerprint density at radius 3 is 2.49 bits per heavy atom. The number of Topliss-reactive ketones (excluding diaryl/α,β-unsaturated/α-hetero) is 1. The monoisotopic (exact) mass is 467 g/mol. The van der Waals surface area contributed by atoms with Crippen molar-refractivity contribution in [2.75, 3.05) is 0 Å². The average Bonchev–Trinajstić information content (AvgIpc) is 3.39. The molecule has 2 aromatic carbocycles. The Labute approximate surface area is 202 Å². The minimum atomic E-state index is -0.758. The molecule has 1 unspecified atom stereocenters. The molecule has 3 heterocycles. The maximum atomic E-state index is 13.3. The van der Waals surface area contributed by atoms with Crippen molar-refractivity contribution in [3.63, 3.8) is 0 Å². The number of carbonyl (C=O) groups is 2. The van der Waals surface area contributed by atoms with Crippen LogP contribution in [0.25, 0.3) is 16.7 Å². The molecular formula is C28H25N3O4. The summed E-state index contributed by atoms with van der Waals surface area (Å²) in [4.78, 5) is 35.3. The molecule has 5 rings (SSSR count). The lowest BCUT2D eigenvalue weighted by atomic mass is 9.94. The Bertz CT molecular complexity index is 1420. The SMILES string of the molecule is CC(C)Oc1ccc(/C(O)=C2\C(=O)C(=O)N(Cc3ccncc3)C2c2c[nH]c3ccccc23)cc1. The van der Waals surface area contributed by atoms with Gasteiger partial charge in [0.2, 0.25) is 0 Å². The van der Waals surface area contributed by atoms with Crippen molar-refractivity contribution in [3.8, 4) is 5.75 Å². The highest BCUT2D eigenvalue weighted by Crippen LogP contribution is 2.42. The van der Waals surface area contributed by atoms with Gasteiger partial charge in [0.1, 0.15) is 11.5 Å². The molecule has 7 nitrogen and oxygen atoms in total. The van der Waals surface area contributed by atoms with E-state index in [1.165, 1.54) is 4.90 Å². The predicted octanol–water partition coefficient (Wildman–Crippen LogP) is 4.97. The number of rotatable bonds is 6. The van der Waals surface area contributed by atoms with Gasteiger partial charge < -0.3 is 19.7 Å². The van der Waals surface area contributed by atoms with E-state index in [4.69, 9.17) is 4.74 Å². The molecule has 0 bridgehead atoms. The van der Waals surface area contributed by atoms with Crippen molar-refractivity contribution in [1.29, 1.82) is 0 Å². The van der Waals surface area contributed by atoms with Gasteiger partial charge in [0.05, 0.1) is 17.7 Å². The van der Waals surface area contributed by atoms with Crippen molar-refractivity contribution >= 4 is 28.4 Å². The number of aliphatic hydroxyl groups excluding tert-OH is 1. The number of aromatic amines is 1. The molecular weight excluding hydrogens is 442 g/mol. The van der Waals surface area contributed by atoms with Crippen molar-refractivity contribution in [3.05, 3.63) is 102 Å². The number of pyridine rings is 1. The van der Waals surface area contributed by atoms with Gasteiger partial charge in [-0.05, 0) is 61.9 Å². The van der Waals surface area contributed by atoms with Gasteiger partial charge in [0, 0.05) is 47.2 Å². The van der Waals surface area contributed by atoms with Crippen LogP contribution in [0.4, 0.5) is 0 Å². The summed E-state index contributed by atoms with van der Waals surface area (Å²) in [5, 5.41) is 12.2. The maximum absolute atomic E-state index is 13.3. The minimum Gasteiger partial charge on any atom is -0.507 e. The van der Waals surface area contributed by atoms with E-state index >= 15 is 0 Å². The summed E-state index contributed by atoms with van der Waals surface area (Å²) in [5.74, 6) is -0.928. The Morgan fingerprint density at radius 1 is 1.06 bits per heavy atom. The van der Waals surface area contributed by atoms with Gasteiger partial charge >= 0.3 is 0 Å². The molecule has 1 aliphatic rings. The van der Waals surface area contributed by atoms with Gasteiger partial charge in [0.15, 0.2) is 0 Å². The first-order chi connectivity index (χ1) is 16.9. The standard InChI is InChI=1S/C28H25N3O4/c1-17(2)35-20-9-7-19(8-10-20)26(32)24-25(22-15-30-23-6-4-3-5-21(22)23)31(28(34)27(24)33)16-18-11-13-29-14-12-18/h3-15,17,25,30,32H,16H2,1-2H3/b26-24+. The van der Waals surface area contributed by atoms with E-state index in [1.54, 1.807) is 55.0 Å². The molecule has 1 atom stereocenters. The van der Waals surface area contributed by atoms with E-state index < -0.39 is 17.7 Å². The van der Waals surface area contributed by atoms with E-state index in [2.05, 4.69) is 9.97 Å². The Hall–Kier alpha value is -4.39. The molecule has 0 spiro atoms. The Balaban J connectivity index is 1.64. The van der Waals surface area contributed by atoms with Crippen molar-refractivity contribution in [2.24, 2.45) is 0 Å². The molecule has 4 aromatic rings. The van der Waals surface area contributed by atoms with Crippen LogP contribution in [0.1, 0.15) is 36.6 Å². The first kappa shape index (κ1) is 22.4. The van der Waals surface area contributed by atoms with Crippen LogP contribution in [0.3, 0.4) is 0 Å². The predicted molar refractivity (Wildman–Crippen MR) is 133 cm³/mol. The number of hydrogen-bond donors (Lipinski definition) is 2. The summed E-state index contributed by atoms with van der Waals surface area (Å²) in [6, 6.07) is 17.4. The molecule has 176 valence electrons. The number of likely N-dealkylation sites (tertiary alicyclic amines) is 1. The quantitative estimate of drug-likeness (QED) is 0.237. The number of ketones is 1. The third kappa shape index (κ3) is 4.17. The average molecular weight is 468 g/mol. The summed E-state index contributed by atoms with van der Waals surface area (Å²) in [6.07, 6.45) is 5.10. The zero-order valence-electron chi connectivity index (χ0n) is 19.4. The molecule has 1 fully saturated rings. The van der Waals surface area contributed by atoms with Gasteiger partial charge in [-0.1, -0.05) is 18.2 Å². The number of hydrogen-bond acceptors (Lipinski definition) is 5. The van der Waals surface area contributed by atoms with E-state index in [0.29, 0.717) is 11.3 Å². The van der Waals surface area contributed by atoms with E-state index in [1.807, 2.05) is 38.1 Å². The molecule has 35 heavy (non-hydrogen) atoms. The minimum absolute atomic E-state index is 0.00910. The third-order valence-electron chi connectivity index (χ3n) is 6.06. The van der Waals surface area contributed by atoms with Crippen LogP contribution < -0.4 is 4.74 Å². The fourth-order valence-corrected chi connectivity index (χ4v) is 4.49. The number of benzene rings is 2. The second-order valence-electron chi connectivity index (χ2n) is 8.76. The van der Waals surface area contributed by atoms with Gasteiger partial charge in [-0.3, -0.25) is 14.6 Å². The highest BCUT2D eigenvalue weighted by atomic mass is 16.5. The lowest BCUT2D eigenvalue weighted by Gasteiger charge is -2.25. The molecule has 1 saturated heterocycles. The molecule has 2 N–H and O–H groups in total. The molecule has 0 radical (unpaired) electrons. The maximum Gasteiger partial charge on any atom is 0.295 e. The van der Waals surface area contributed by atoms with E-state index in [-0.39, 0.29) is 24.0 Å². The molecule has 1 amide bonds. The summed E-state index contributed by atoms with van der Waals surface area (Å²) in [7, 11) is 0. The van der Waals surface area contributed by atoms with Crippen LogP contribution in [-0.2, 0) is 16.1 Å². The van der Waals surface area contributed by atoms with Crippen LogP contribution in [0.5, 0.6) is 5.75 Å². The number of carbonyl (C=O) groups excluding carboxylic acids is 2. The molecule has 0 aliphatic carbocycles. The van der Waals surface area contributed by atoms with Crippen LogP contribution in [-0.4, -0.2) is 37.8 Å². The normalized spacial score (nSPS) is 17.5. The van der Waals surface area contributed by atoms with E-state index in [0.717, 1.165) is 22.0 Å². The molecule has 1 aliphatic heterocycles. The Morgan fingerprint density at radius 2 is 1.77 bits per heavy atom. The first-order valence-electron chi connectivity index (χ1n) is 11.4. The van der Waals surface area contributed by atoms with Gasteiger partial charge in [-0.15, -0.1) is 0 Å². The van der Waals surface area contributed by atoms with Gasteiger partial charge in [-0.2, -0.15) is 0 Å². The zero-order valence-corrected chi connectivity index (χ0v) is 19.4. The largest absolute Gasteiger partial charge is 0.507 e. The number of nitrogens with zero attached hydrogens (tertiary/aromatic N) is 2. The Kier molecular flexibility index (Phi) is 5.82. The number of fused-ring (bicyclic) bond motifs is 1. The number of amides is 1. The summed E-state index contributed by atoms with van der Waals surface area (Å²) >= 11 is 0.